The molecule has 0 rings (SSSR count). The summed E-state index contributed by atoms with van der Waals surface area (Å²) in [5.74, 6) is 2.59. The van der Waals surface area contributed by atoms with Crippen LogP contribution in [0.4, 0.5) is 0 Å². The summed E-state index contributed by atoms with van der Waals surface area (Å²) in [5, 5.41) is 0. The largest absolute Gasteiger partial charge is 0.0683 e. The van der Waals surface area contributed by atoms with Crippen molar-refractivity contribution in [2.75, 3.05) is 0 Å². The zero-order valence-corrected chi connectivity index (χ0v) is 25.4. The molecule has 182 valence electrons. The molecule has 0 saturated carbocycles. The van der Waals surface area contributed by atoms with E-state index >= 15 is 0 Å². The highest BCUT2D eigenvalue weighted by atomic mass is 14.0. The lowest BCUT2D eigenvalue weighted by atomic mass is 10.0. The maximum Gasteiger partial charge on any atom is -0.0448 e. The molecule has 0 spiro atoms. The van der Waals surface area contributed by atoms with Gasteiger partial charge in [0.15, 0.2) is 0 Å². The molecule has 0 aliphatic rings. The van der Waals surface area contributed by atoms with Gasteiger partial charge in [0, 0.05) is 0 Å². The molecule has 0 N–H and O–H groups in total. The highest BCUT2D eigenvalue weighted by Crippen LogP contribution is 2.05. The number of hydrogen-bond donors (Lipinski definition) is 0. The Morgan fingerprint density at radius 2 is 0.407 bits per heavy atom. The second-order valence-electron chi connectivity index (χ2n) is 4.29. The number of hydrogen-bond acceptors (Lipinski definition) is 0. The highest BCUT2D eigenvalue weighted by Gasteiger charge is 1.95. The fraction of sp³-hybridized carbons (Fsp3) is 1.00. The molecule has 0 heteroatoms. The lowest BCUT2D eigenvalue weighted by Gasteiger charge is -2.05. The van der Waals surface area contributed by atoms with E-state index in [0.29, 0.717) is 0 Å². The van der Waals surface area contributed by atoms with E-state index in [0.717, 1.165) is 17.8 Å². The third-order valence-electron chi connectivity index (χ3n) is 2.15. The molecule has 0 atom stereocenters. The van der Waals surface area contributed by atoms with Gasteiger partial charge < -0.3 is 0 Å². The normalized spacial score (nSPS) is 6.00. The molecule has 0 aromatic carbocycles. The summed E-state index contributed by atoms with van der Waals surface area (Å²) < 4.78 is 0. The van der Waals surface area contributed by atoms with E-state index in [9.17, 15) is 0 Å². The molecule has 0 unspecified atom stereocenters. The van der Waals surface area contributed by atoms with Crippen molar-refractivity contribution in [2.24, 2.45) is 17.8 Å². The van der Waals surface area contributed by atoms with E-state index in [4.69, 9.17) is 0 Å². The Hall–Kier alpha value is 0. The van der Waals surface area contributed by atoms with Crippen LogP contribution in [0.15, 0.2) is 0 Å². The van der Waals surface area contributed by atoms with E-state index in [1.807, 2.05) is 111 Å². The average Bonchev–Trinajstić information content (AvgIpc) is 2.79. The van der Waals surface area contributed by atoms with Crippen molar-refractivity contribution < 1.29 is 0 Å². The zero-order chi connectivity index (χ0) is 25.4. The molecule has 27 heavy (non-hydrogen) atoms. The zero-order valence-electron chi connectivity index (χ0n) is 25.4. The first-order valence-electron chi connectivity index (χ1n) is 12.9. The van der Waals surface area contributed by atoms with E-state index in [1.165, 1.54) is 6.42 Å². The minimum Gasteiger partial charge on any atom is -0.0683 e. The van der Waals surface area contributed by atoms with E-state index in [-0.39, 0.29) is 0 Å². The van der Waals surface area contributed by atoms with Crippen LogP contribution in [0.1, 0.15) is 166 Å². The molecule has 0 bridgehead atoms. The van der Waals surface area contributed by atoms with Gasteiger partial charge in [0.05, 0.1) is 0 Å². The van der Waals surface area contributed by atoms with Crippen LogP contribution >= 0.6 is 0 Å². The first kappa shape index (κ1) is 63.2. The Balaban J connectivity index is -0.0000000157. The van der Waals surface area contributed by atoms with Gasteiger partial charge in [-0.15, -0.1) is 0 Å². The molecular weight excluding hydrogens is 324 g/mol. The molecule has 0 aliphatic carbocycles. The van der Waals surface area contributed by atoms with Crippen LogP contribution in [0.25, 0.3) is 0 Å². The molecule has 0 aliphatic heterocycles. The lowest BCUT2D eigenvalue weighted by Crippen LogP contribution is -1.95. The maximum atomic E-state index is 2.24. The van der Waals surface area contributed by atoms with Crippen LogP contribution in [0.2, 0.25) is 0 Å². The molecule has 0 aromatic rings. The Bertz CT molecular complexity index is 54.4. The van der Waals surface area contributed by atoms with Gasteiger partial charge in [-0.05, 0) is 17.8 Å². The monoisotopic (exact) mass is 399 g/mol. The van der Waals surface area contributed by atoms with E-state index in [2.05, 4.69) is 48.5 Å². The van der Waals surface area contributed by atoms with Crippen LogP contribution in [-0.2, 0) is 0 Å². The maximum absolute atomic E-state index is 2.24. The summed E-state index contributed by atoms with van der Waals surface area (Å²) in [6, 6.07) is 0. The van der Waals surface area contributed by atoms with Gasteiger partial charge in [-0.25, -0.2) is 0 Å². The van der Waals surface area contributed by atoms with Crippen LogP contribution < -0.4 is 0 Å². The number of rotatable bonds is 2. The predicted molar refractivity (Wildman–Crippen MR) is 146 cm³/mol. The van der Waals surface area contributed by atoms with Gasteiger partial charge in [0.2, 0.25) is 0 Å². The second-order valence-corrected chi connectivity index (χ2v) is 4.29. The Morgan fingerprint density at radius 3 is 0.407 bits per heavy atom. The molecular formula is C27H74. The van der Waals surface area contributed by atoms with Crippen molar-refractivity contribution in [3.05, 3.63) is 0 Å². The van der Waals surface area contributed by atoms with Crippen LogP contribution in [0.3, 0.4) is 0 Å². The Labute approximate surface area is 183 Å². The third kappa shape index (κ3) is 416. The standard InChI is InChI=1S/C6H14.C5H12.8C2H6/c1-5(2)6(3)4;1-4-5(2)3;8*1-2/h5-6H,1-4H3;5H,4H2,1-3H3;8*1-2H3. The van der Waals surface area contributed by atoms with Crippen LogP contribution in [-0.4, -0.2) is 0 Å². The first-order valence-corrected chi connectivity index (χ1v) is 12.9. The molecule has 0 nitrogen and oxygen atoms in total. The lowest BCUT2D eigenvalue weighted by molar-refractivity contribution is 0.457. The van der Waals surface area contributed by atoms with Gasteiger partial charge >= 0.3 is 0 Å². The van der Waals surface area contributed by atoms with Gasteiger partial charge in [-0.2, -0.15) is 0 Å². The third-order valence-corrected chi connectivity index (χ3v) is 2.15. The molecule has 0 saturated heterocycles. The first-order chi connectivity index (χ1) is 12.9. The summed E-state index contributed by atoms with van der Waals surface area (Å²) >= 11 is 0. The minimum absolute atomic E-state index is 0.852. The van der Waals surface area contributed by atoms with Gasteiger partial charge in [0.25, 0.3) is 0 Å². The summed E-state index contributed by atoms with van der Waals surface area (Å²) in [5.41, 5.74) is 0. The average molecular weight is 399 g/mol. The quantitative estimate of drug-likeness (QED) is 0.433. The SMILES string of the molecule is CC.CC.CC.CC.CC.CC.CC.CC.CC(C)C(C)C.CCC(C)C. The van der Waals surface area contributed by atoms with Crippen LogP contribution in [0.5, 0.6) is 0 Å². The van der Waals surface area contributed by atoms with E-state index < -0.39 is 0 Å². The minimum atomic E-state index is 0.852. The highest BCUT2D eigenvalue weighted by molar-refractivity contribution is 4.46. The summed E-state index contributed by atoms with van der Waals surface area (Å²) in [6.45, 7) is 47.6. The van der Waals surface area contributed by atoms with Crippen molar-refractivity contribution in [1.82, 2.24) is 0 Å². The van der Waals surface area contributed by atoms with Gasteiger partial charge in [0.1, 0.15) is 0 Å². The molecule has 0 heterocycles. The van der Waals surface area contributed by atoms with E-state index in [1.54, 1.807) is 0 Å². The fourth-order valence-corrected chi connectivity index (χ4v) is 0. The van der Waals surface area contributed by atoms with Crippen molar-refractivity contribution in [3.8, 4) is 0 Å². The fourth-order valence-electron chi connectivity index (χ4n) is 0. The van der Waals surface area contributed by atoms with Crippen molar-refractivity contribution in [2.45, 2.75) is 166 Å². The Kier molecular flexibility index (Phi) is 380. The predicted octanol–water partition coefficient (Wildman–Crippen LogP) is 12.6. The topological polar surface area (TPSA) is 0 Å². The summed E-state index contributed by atoms with van der Waals surface area (Å²) in [7, 11) is 0. The molecule has 0 radical (unpaired) electrons. The van der Waals surface area contributed by atoms with Crippen LogP contribution in [0, 0.1) is 17.8 Å². The Morgan fingerprint density at radius 1 is 0.333 bits per heavy atom. The molecule has 0 fully saturated rings. The second kappa shape index (κ2) is 162. The molecule has 0 amide bonds. The van der Waals surface area contributed by atoms with Gasteiger partial charge in [-0.1, -0.05) is 166 Å². The van der Waals surface area contributed by atoms with Gasteiger partial charge in [-0.3, -0.25) is 0 Å². The molecule has 0 aromatic heterocycles. The summed E-state index contributed by atoms with van der Waals surface area (Å²) in [6.07, 6.45) is 1.31. The van der Waals surface area contributed by atoms with Crippen molar-refractivity contribution >= 4 is 0 Å². The van der Waals surface area contributed by atoms with Crippen molar-refractivity contribution in [1.29, 1.82) is 0 Å². The summed E-state index contributed by atoms with van der Waals surface area (Å²) in [4.78, 5) is 0. The van der Waals surface area contributed by atoms with Crippen molar-refractivity contribution in [3.63, 3.8) is 0 Å². The smallest absolute Gasteiger partial charge is 0.0448 e.